The van der Waals surface area contributed by atoms with Gasteiger partial charge in [0, 0.05) is 25.0 Å². The number of nitrogens with zero attached hydrogens (tertiary/aromatic N) is 2. The van der Waals surface area contributed by atoms with Gasteiger partial charge in [-0.3, -0.25) is 4.79 Å². The van der Waals surface area contributed by atoms with Crippen LogP contribution in [0.4, 0.5) is 0 Å². The van der Waals surface area contributed by atoms with Gasteiger partial charge in [-0.15, -0.1) is 0 Å². The Hall–Kier alpha value is -1.10. The summed E-state index contributed by atoms with van der Waals surface area (Å²) in [5, 5.41) is 9.82. The summed E-state index contributed by atoms with van der Waals surface area (Å²) >= 11 is 0. The molecule has 1 amide bonds. The van der Waals surface area contributed by atoms with Gasteiger partial charge in [-0.1, -0.05) is 0 Å². The highest BCUT2D eigenvalue weighted by molar-refractivity contribution is 5.87. The molecule has 2 heterocycles. The summed E-state index contributed by atoms with van der Waals surface area (Å²) in [4.78, 5) is 28.0. The number of carbonyl (C=O) groups excluding carboxylic acids is 1. The second kappa shape index (κ2) is 4.20. The van der Waals surface area contributed by atoms with E-state index >= 15 is 0 Å². The quantitative estimate of drug-likeness (QED) is 0.830. The normalized spacial score (nSPS) is 38.2. The molecule has 0 aromatic rings. The van der Waals surface area contributed by atoms with Crippen molar-refractivity contribution in [2.45, 2.75) is 69.1 Å². The molecule has 0 spiro atoms. The lowest BCUT2D eigenvalue weighted by Crippen LogP contribution is -2.64. The monoisotopic (exact) mass is 266 g/mol. The molecule has 3 aliphatic rings. The highest BCUT2D eigenvalue weighted by Crippen LogP contribution is 2.46. The molecule has 5 nitrogen and oxygen atoms in total. The number of aliphatic carboxylic acids is 1. The number of piperidine rings is 1. The smallest absolute Gasteiger partial charge is 0.329 e. The Bertz CT molecular complexity index is 405. The van der Waals surface area contributed by atoms with Crippen LogP contribution in [0.1, 0.15) is 45.4 Å². The third kappa shape index (κ3) is 1.86. The summed E-state index contributed by atoms with van der Waals surface area (Å²) in [5.74, 6) is -0.881. The van der Waals surface area contributed by atoms with Crippen LogP contribution in [0, 0.1) is 0 Å². The SMILES string of the molecule is CC(=O)N(C1CC1)C1(C(=O)O)CC2CCC(C1)N2C. The Morgan fingerprint density at radius 3 is 2.05 bits per heavy atom. The highest BCUT2D eigenvalue weighted by atomic mass is 16.4. The Morgan fingerprint density at radius 1 is 1.16 bits per heavy atom. The summed E-state index contributed by atoms with van der Waals surface area (Å²) < 4.78 is 0. The fourth-order valence-electron chi connectivity index (χ4n) is 4.16. The summed E-state index contributed by atoms with van der Waals surface area (Å²) in [6.07, 6.45) is 5.22. The molecule has 2 aliphatic heterocycles. The van der Waals surface area contributed by atoms with Crippen LogP contribution in [0.25, 0.3) is 0 Å². The van der Waals surface area contributed by atoms with Crippen LogP contribution in [0.5, 0.6) is 0 Å². The lowest BCUT2D eigenvalue weighted by atomic mass is 9.81. The van der Waals surface area contributed by atoms with Crippen molar-refractivity contribution < 1.29 is 14.7 Å². The summed E-state index contributed by atoms with van der Waals surface area (Å²) in [7, 11) is 2.09. The van der Waals surface area contributed by atoms with Crippen molar-refractivity contribution in [2.75, 3.05) is 7.05 Å². The number of hydrogen-bond acceptors (Lipinski definition) is 3. The largest absolute Gasteiger partial charge is 0.479 e. The zero-order valence-corrected chi connectivity index (χ0v) is 11.6. The average Bonchev–Trinajstić information content (AvgIpc) is 3.10. The van der Waals surface area contributed by atoms with Gasteiger partial charge in [-0.05, 0) is 45.6 Å². The van der Waals surface area contributed by atoms with Gasteiger partial charge in [-0.25, -0.2) is 4.79 Å². The lowest BCUT2D eigenvalue weighted by Gasteiger charge is -2.48. The van der Waals surface area contributed by atoms with E-state index in [4.69, 9.17) is 0 Å². The van der Waals surface area contributed by atoms with Crippen LogP contribution in [0.15, 0.2) is 0 Å². The van der Waals surface area contributed by atoms with Crippen LogP contribution < -0.4 is 0 Å². The van der Waals surface area contributed by atoms with E-state index in [1.165, 1.54) is 6.92 Å². The zero-order valence-electron chi connectivity index (χ0n) is 11.6. The summed E-state index contributed by atoms with van der Waals surface area (Å²) in [5.41, 5.74) is -0.953. The number of carbonyl (C=O) groups is 2. The molecule has 0 aromatic carbocycles. The van der Waals surface area contributed by atoms with E-state index in [2.05, 4.69) is 11.9 Å². The molecule has 0 aromatic heterocycles. The third-order valence-electron chi connectivity index (χ3n) is 5.24. The van der Waals surface area contributed by atoms with Gasteiger partial charge in [0.2, 0.25) is 5.91 Å². The molecule has 1 saturated carbocycles. The molecule has 1 N–H and O–H groups in total. The molecule has 19 heavy (non-hydrogen) atoms. The van der Waals surface area contributed by atoms with Crippen molar-refractivity contribution >= 4 is 11.9 Å². The van der Waals surface area contributed by atoms with E-state index in [0.29, 0.717) is 24.9 Å². The number of fused-ring (bicyclic) bond motifs is 2. The molecule has 2 bridgehead atoms. The van der Waals surface area contributed by atoms with Gasteiger partial charge in [0.25, 0.3) is 0 Å². The summed E-state index contributed by atoms with van der Waals surface area (Å²) in [6.45, 7) is 1.52. The van der Waals surface area contributed by atoms with Gasteiger partial charge in [-0.2, -0.15) is 0 Å². The molecular weight excluding hydrogens is 244 g/mol. The molecular formula is C14H22N2O3. The van der Waals surface area contributed by atoms with Crippen LogP contribution >= 0.6 is 0 Å². The van der Waals surface area contributed by atoms with Gasteiger partial charge in [0.05, 0.1) is 0 Å². The molecule has 2 unspecified atom stereocenters. The van der Waals surface area contributed by atoms with E-state index in [1.54, 1.807) is 4.90 Å². The highest BCUT2D eigenvalue weighted by Gasteiger charge is 2.58. The topological polar surface area (TPSA) is 60.9 Å². The first kappa shape index (κ1) is 12.9. The number of hydrogen-bond donors (Lipinski definition) is 1. The standard InChI is InChI=1S/C14H22N2O3/c1-9(17)16(10-3-4-10)14(13(18)19)7-11-5-6-12(8-14)15(11)2/h10-12H,3-8H2,1-2H3,(H,18,19). The first-order valence-corrected chi connectivity index (χ1v) is 7.21. The van der Waals surface area contributed by atoms with E-state index in [1.807, 2.05) is 0 Å². The van der Waals surface area contributed by atoms with Crippen molar-refractivity contribution in [1.29, 1.82) is 0 Å². The van der Waals surface area contributed by atoms with Crippen molar-refractivity contribution in [3.05, 3.63) is 0 Å². The van der Waals surface area contributed by atoms with Gasteiger partial charge >= 0.3 is 5.97 Å². The zero-order chi connectivity index (χ0) is 13.8. The molecule has 2 atom stereocenters. The fourth-order valence-corrected chi connectivity index (χ4v) is 4.16. The Morgan fingerprint density at radius 2 is 1.68 bits per heavy atom. The minimum atomic E-state index is -0.953. The lowest BCUT2D eigenvalue weighted by molar-refractivity contribution is -0.165. The van der Waals surface area contributed by atoms with Gasteiger partial charge in [0.1, 0.15) is 5.54 Å². The van der Waals surface area contributed by atoms with E-state index in [9.17, 15) is 14.7 Å². The molecule has 106 valence electrons. The third-order valence-corrected chi connectivity index (χ3v) is 5.24. The predicted octanol–water partition coefficient (Wildman–Crippen LogP) is 1.08. The van der Waals surface area contributed by atoms with E-state index < -0.39 is 11.5 Å². The maximum atomic E-state index is 12.0. The van der Waals surface area contributed by atoms with E-state index in [-0.39, 0.29) is 11.9 Å². The molecule has 1 aliphatic carbocycles. The maximum Gasteiger partial charge on any atom is 0.329 e. The minimum Gasteiger partial charge on any atom is -0.479 e. The molecule has 3 rings (SSSR count). The summed E-state index contributed by atoms with van der Waals surface area (Å²) in [6, 6.07) is 0.794. The molecule has 5 heteroatoms. The van der Waals surface area contributed by atoms with Crippen molar-refractivity contribution in [3.8, 4) is 0 Å². The molecule has 2 saturated heterocycles. The molecule has 3 fully saturated rings. The van der Waals surface area contributed by atoms with Crippen molar-refractivity contribution in [3.63, 3.8) is 0 Å². The number of amides is 1. The second-order valence-electron chi connectivity index (χ2n) is 6.42. The van der Waals surface area contributed by atoms with Gasteiger partial charge in [0.15, 0.2) is 0 Å². The number of carboxylic acids is 1. The van der Waals surface area contributed by atoms with Crippen LogP contribution in [0.3, 0.4) is 0 Å². The Kier molecular flexibility index (Phi) is 2.85. The fraction of sp³-hybridized carbons (Fsp3) is 0.857. The van der Waals surface area contributed by atoms with Crippen LogP contribution in [-0.2, 0) is 9.59 Å². The van der Waals surface area contributed by atoms with Crippen LogP contribution in [-0.4, -0.2) is 57.5 Å². The second-order valence-corrected chi connectivity index (χ2v) is 6.42. The van der Waals surface area contributed by atoms with Gasteiger partial charge < -0.3 is 14.9 Å². The van der Waals surface area contributed by atoms with Crippen molar-refractivity contribution in [1.82, 2.24) is 9.80 Å². The predicted molar refractivity (Wildman–Crippen MR) is 69.7 cm³/mol. The first-order valence-electron chi connectivity index (χ1n) is 7.21. The number of rotatable bonds is 3. The number of carboxylic acid groups (broad SMARTS) is 1. The minimum absolute atomic E-state index is 0.0751. The molecule has 0 radical (unpaired) electrons. The average molecular weight is 266 g/mol. The van der Waals surface area contributed by atoms with E-state index in [0.717, 1.165) is 25.7 Å². The van der Waals surface area contributed by atoms with Crippen molar-refractivity contribution in [2.24, 2.45) is 0 Å². The Labute approximate surface area is 113 Å². The maximum absolute atomic E-state index is 12.0. The first-order chi connectivity index (χ1) is 8.95. The Balaban J connectivity index is 1.96. The van der Waals surface area contributed by atoms with Crippen LogP contribution in [0.2, 0.25) is 0 Å².